The van der Waals surface area contributed by atoms with Crippen LogP contribution >= 0.6 is 11.6 Å². The standard InChI is InChI=1S/C25H32ClN3O2/c1-2-3-4-5-6-7-24(30)29-18-16-28(17-19-29)23-14-12-22(13-15-23)27-25(31)20-8-10-21(26)11-9-20/h8-15H,2-7,16-19H2,1H3,(H,27,31). The van der Waals surface area contributed by atoms with E-state index in [0.29, 0.717) is 17.0 Å². The average molecular weight is 442 g/mol. The number of hydrogen-bond acceptors (Lipinski definition) is 3. The molecule has 0 saturated carbocycles. The van der Waals surface area contributed by atoms with E-state index in [9.17, 15) is 9.59 Å². The maximum absolute atomic E-state index is 12.4. The Hall–Kier alpha value is -2.53. The van der Waals surface area contributed by atoms with Crippen molar-refractivity contribution in [2.75, 3.05) is 36.4 Å². The molecule has 2 aromatic rings. The molecule has 0 atom stereocenters. The minimum atomic E-state index is -0.161. The number of benzene rings is 2. The van der Waals surface area contributed by atoms with Crippen LogP contribution in [0.25, 0.3) is 0 Å². The van der Waals surface area contributed by atoms with Crippen molar-refractivity contribution in [3.8, 4) is 0 Å². The van der Waals surface area contributed by atoms with E-state index in [-0.39, 0.29) is 11.8 Å². The highest BCUT2D eigenvalue weighted by Crippen LogP contribution is 2.21. The molecule has 5 nitrogen and oxygen atoms in total. The molecular formula is C25H32ClN3O2. The number of nitrogens with zero attached hydrogens (tertiary/aromatic N) is 2. The summed E-state index contributed by atoms with van der Waals surface area (Å²) in [4.78, 5) is 29.0. The fraction of sp³-hybridized carbons (Fsp3) is 0.440. The van der Waals surface area contributed by atoms with Gasteiger partial charge in [-0.05, 0) is 55.0 Å². The summed E-state index contributed by atoms with van der Waals surface area (Å²) in [6, 6.07) is 14.7. The van der Waals surface area contributed by atoms with Crippen LogP contribution in [0.5, 0.6) is 0 Å². The Bertz CT molecular complexity index is 844. The predicted octanol–water partition coefficient (Wildman–Crippen LogP) is 5.60. The molecule has 6 heteroatoms. The highest BCUT2D eigenvalue weighted by Gasteiger charge is 2.21. The van der Waals surface area contributed by atoms with Crippen LogP contribution in [-0.2, 0) is 4.79 Å². The van der Waals surface area contributed by atoms with Gasteiger partial charge in [0.05, 0.1) is 0 Å². The number of rotatable bonds is 9. The van der Waals surface area contributed by atoms with E-state index in [1.807, 2.05) is 29.2 Å². The van der Waals surface area contributed by atoms with Gasteiger partial charge in [0.1, 0.15) is 0 Å². The van der Waals surface area contributed by atoms with Crippen molar-refractivity contribution in [1.29, 1.82) is 0 Å². The molecule has 0 aromatic heterocycles. The van der Waals surface area contributed by atoms with E-state index in [0.717, 1.165) is 50.4 Å². The smallest absolute Gasteiger partial charge is 0.255 e. The number of halogens is 1. The number of nitrogens with one attached hydrogen (secondary N) is 1. The summed E-state index contributed by atoms with van der Waals surface area (Å²) in [6.07, 6.45) is 6.55. The Kier molecular flexibility index (Phi) is 8.77. The molecule has 2 amide bonds. The summed E-state index contributed by atoms with van der Waals surface area (Å²) >= 11 is 5.87. The Morgan fingerprint density at radius 1 is 0.871 bits per heavy atom. The minimum Gasteiger partial charge on any atom is -0.368 e. The SMILES string of the molecule is CCCCCCCC(=O)N1CCN(c2ccc(NC(=O)c3ccc(Cl)cc3)cc2)CC1. The van der Waals surface area contributed by atoms with Gasteiger partial charge in [0.15, 0.2) is 0 Å². The van der Waals surface area contributed by atoms with Crippen molar-refractivity contribution in [2.24, 2.45) is 0 Å². The van der Waals surface area contributed by atoms with Gasteiger partial charge in [0, 0.05) is 54.6 Å². The first-order valence-electron chi connectivity index (χ1n) is 11.3. The molecule has 1 saturated heterocycles. The second kappa shape index (κ2) is 11.8. The van der Waals surface area contributed by atoms with Crippen molar-refractivity contribution in [3.05, 3.63) is 59.1 Å². The second-order valence-corrected chi connectivity index (χ2v) is 8.48. The summed E-state index contributed by atoms with van der Waals surface area (Å²) in [5.41, 5.74) is 2.43. The Morgan fingerprint density at radius 3 is 2.16 bits per heavy atom. The molecule has 1 aliphatic rings. The molecule has 0 bridgehead atoms. The normalized spacial score (nSPS) is 13.9. The summed E-state index contributed by atoms with van der Waals surface area (Å²) in [6.45, 7) is 5.40. The Balaban J connectivity index is 1.44. The maximum atomic E-state index is 12.4. The zero-order valence-corrected chi connectivity index (χ0v) is 19.0. The lowest BCUT2D eigenvalue weighted by Crippen LogP contribution is -2.48. The van der Waals surface area contributed by atoms with Gasteiger partial charge in [0.25, 0.3) is 5.91 Å². The van der Waals surface area contributed by atoms with Gasteiger partial charge in [-0.1, -0.05) is 44.2 Å². The fourth-order valence-corrected chi connectivity index (χ4v) is 3.94. The first-order valence-corrected chi connectivity index (χ1v) is 11.6. The molecule has 0 radical (unpaired) electrons. The summed E-state index contributed by atoms with van der Waals surface area (Å²) in [7, 11) is 0. The van der Waals surface area contributed by atoms with Crippen LogP contribution in [0.2, 0.25) is 5.02 Å². The molecule has 1 heterocycles. The number of carbonyl (C=O) groups is 2. The van der Waals surface area contributed by atoms with Crippen LogP contribution in [0.3, 0.4) is 0 Å². The maximum Gasteiger partial charge on any atom is 0.255 e. The molecule has 2 aromatic carbocycles. The number of unbranched alkanes of at least 4 members (excludes halogenated alkanes) is 4. The van der Waals surface area contributed by atoms with Gasteiger partial charge in [-0.3, -0.25) is 9.59 Å². The monoisotopic (exact) mass is 441 g/mol. The van der Waals surface area contributed by atoms with Crippen molar-refractivity contribution < 1.29 is 9.59 Å². The number of piperazine rings is 1. The third kappa shape index (κ3) is 7.00. The van der Waals surface area contributed by atoms with Crippen LogP contribution in [0.4, 0.5) is 11.4 Å². The molecule has 0 unspecified atom stereocenters. The van der Waals surface area contributed by atoms with Crippen molar-refractivity contribution >= 4 is 34.8 Å². The molecule has 1 fully saturated rings. The summed E-state index contributed by atoms with van der Waals surface area (Å²) in [5, 5.41) is 3.51. The summed E-state index contributed by atoms with van der Waals surface area (Å²) < 4.78 is 0. The van der Waals surface area contributed by atoms with Crippen LogP contribution in [-0.4, -0.2) is 42.9 Å². The van der Waals surface area contributed by atoms with Crippen LogP contribution in [0, 0.1) is 0 Å². The van der Waals surface area contributed by atoms with Crippen LogP contribution in [0.1, 0.15) is 55.8 Å². The largest absolute Gasteiger partial charge is 0.368 e. The minimum absolute atomic E-state index is 0.161. The lowest BCUT2D eigenvalue weighted by atomic mass is 10.1. The molecule has 1 aliphatic heterocycles. The highest BCUT2D eigenvalue weighted by atomic mass is 35.5. The van der Waals surface area contributed by atoms with Gasteiger partial charge in [-0.15, -0.1) is 0 Å². The van der Waals surface area contributed by atoms with Gasteiger partial charge in [0.2, 0.25) is 5.91 Å². The van der Waals surface area contributed by atoms with E-state index in [2.05, 4.69) is 17.1 Å². The number of hydrogen-bond donors (Lipinski definition) is 1. The van der Waals surface area contributed by atoms with Crippen molar-refractivity contribution in [3.63, 3.8) is 0 Å². The molecule has 1 N–H and O–H groups in total. The number of amides is 2. The third-order valence-electron chi connectivity index (χ3n) is 5.72. The zero-order chi connectivity index (χ0) is 22.1. The molecule has 31 heavy (non-hydrogen) atoms. The van der Waals surface area contributed by atoms with Gasteiger partial charge >= 0.3 is 0 Å². The molecular weight excluding hydrogens is 410 g/mol. The Labute approximate surface area is 190 Å². The van der Waals surface area contributed by atoms with E-state index >= 15 is 0 Å². The highest BCUT2D eigenvalue weighted by molar-refractivity contribution is 6.30. The Morgan fingerprint density at radius 2 is 1.52 bits per heavy atom. The average Bonchev–Trinajstić information content (AvgIpc) is 2.80. The first kappa shape index (κ1) is 23.1. The first-order chi connectivity index (χ1) is 15.1. The lowest BCUT2D eigenvalue weighted by molar-refractivity contribution is -0.131. The predicted molar refractivity (Wildman–Crippen MR) is 128 cm³/mol. The van der Waals surface area contributed by atoms with Crippen molar-refractivity contribution in [1.82, 2.24) is 4.90 Å². The van der Waals surface area contributed by atoms with E-state index in [4.69, 9.17) is 11.6 Å². The number of anilines is 2. The van der Waals surface area contributed by atoms with Crippen LogP contribution < -0.4 is 10.2 Å². The fourth-order valence-electron chi connectivity index (χ4n) is 3.81. The third-order valence-corrected chi connectivity index (χ3v) is 5.98. The second-order valence-electron chi connectivity index (χ2n) is 8.04. The lowest BCUT2D eigenvalue weighted by Gasteiger charge is -2.36. The topological polar surface area (TPSA) is 52.7 Å². The van der Waals surface area contributed by atoms with Gasteiger partial charge in [-0.25, -0.2) is 0 Å². The molecule has 166 valence electrons. The van der Waals surface area contributed by atoms with E-state index < -0.39 is 0 Å². The summed E-state index contributed by atoms with van der Waals surface area (Å²) in [5.74, 6) is 0.127. The molecule has 3 rings (SSSR count). The molecule has 0 spiro atoms. The van der Waals surface area contributed by atoms with Crippen molar-refractivity contribution in [2.45, 2.75) is 45.4 Å². The van der Waals surface area contributed by atoms with E-state index in [1.54, 1.807) is 24.3 Å². The quantitative estimate of drug-likeness (QED) is 0.515. The zero-order valence-electron chi connectivity index (χ0n) is 18.3. The van der Waals surface area contributed by atoms with E-state index in [1.165, 1.54) is 19.3 Å². The van der Waals surface area contributed by atoms with Gasteiger partial charge < -0.3 is 15.1 Å². The van der Waals surface area contributed by atoms with Crippen LogP contribution in [0.15, 0.2) is 48.5 Å². The molecule has 0 aliphatic carbocycles. The van der Waals surface area contributed by atoms with Gasteiger partial charge in [-0.2, -0.15) is 0 Å². The number of carbonyl (C=O) groups excluding carboxylic acids is 2.